The minimum Gasteiger partial charge on any atom is -0.328 e. The topological polar surface area (TPSA) is 32.7 Å². The summed E-state index contributed by atoms with van der Waals surface area (Å²) in [5.74, 6) is 0. The number of benzene rings is 1. The van der Waals surface area contributed by atoms with Gasteiger partial charge in [-0.1, -0.05) is 43.9 Å². The molecule has 0 aliphatic heterocycles. The van der Waals surface area contributed by atoms with Crippen molar-refractivity contribution in [3.63, 3.8) is 0 Å². The molecule has 0 atom stereocenters. The lowest BCUT2D eigenvalue weighted by atomic mass is 10.2. The average molecular weight is 234 g/mol. The van der Waals surface area contributed by atoms with Crippen molar-refractivity contribution >= 4 is 20.7 Å². The highest BCUT2D eigenvalue weighted by molar-refractivity contribution is 6.73. The highest BCUT2D eigenvalue weighted by Gasteiger charge is 2.17. The van der Waals surface area contributed by atoms with Crippen LogP contribution in [0.5, 0.6) is 0 Å². The molecule has 1 aromatic carbocycles. The van der Waals surface area contributed by atoms with E-state index in [0.717, 1.165) is 11.8 Å². The number of carbonyl (C=O) groups is 1. The van der Waals surface area contributed by atoms with Gasteiger partial charge in [-0.05, 0) is 5.56 Å². The van der Waals surface area contributed by atoms with E-state index in [1.165, 1.54) is 0 Å². The van der Waals surface area contributed by atoms with Crippen molar-refractivity contribution in [3.8, 4) is 0 Å². The lowest BCUT2D eigenvalue weighted by molar-refractivity contribution is 0.112. The maximum absolute atomic E-state index is 10.5. The standard InChI is InChI=1S/C12H18N2OSi/c1-14(16(2,3)4)13-9-11-5-7-12(10-15)8-6-11/h5-10H,1-4H3. The molecule has 0 aromatic heterocycles. The second-order valence-electron chi connectivity index (χ2n) is 4.72. The summed E-state index contributed by atoms with van der Waals surface area (Å²) in [6.45, 7) is 6.71. The Morgan fingerprint density at radius 3 is 2.06 bits per heavy atom. The van der Waals surface area contributed by atoms with E-state index in [0.29, 0.717) is 5.56 Å². The zero-order chi connectivity index (χ0) is 12.2. The predicted molar refractivity (Wildman–Crippen MR) is 70.5 cm³/mol. The number of nitrogens with zero attached hydrogens (tertiary/aromatic N) is 2. The first-order chi connectivity index (χ1) is 7.43. The van der Waals surface area contributed by atoms with Crippen LogP contribution in [0.3, 0.4) is 0 Å². The van der Waals surface area contributed by atoms with Gasteiger partial charge in [0.2, 0.25) is 0 Å². The molecule has 16 heavy (non-hydrogen) atoms. The largest absolute Gasteiger partial charge is 0.328 e. The first-order valence-electron chi connectivity index (χ1n) is 5.26. The van der Waals surface area contributed by atoms with Gasteiger partial charge < -0.3 is 4.67 Å². The Balaban J connectivity index is 2.73. The van der Waals surface area contributed by atoms with Crippen LogP contribution in [0.2, 0.25) is 19.6 Å². The van der Waals surface area contributed by atoms with Crippen LogP contribution in [0.1, 0.15) is 15.9 Å². The first kappa shape index (κ1) is 12.6. The Kier molecular flexibility index (Phi) is 4.01. The summed E-state index contributed by atoms with van der Waals surface area (Å²) in [5, 5.41) is 4.40. The van der Waals surface area contributed by atoms with Crippen LogP contribution >= 0.6 is 0 Å². The molecule has 0 amide bonds. The maximum Gasteiger partial charge on any atom is 0.168 e. The number of hydrazone groups is 1. The minimum atomic E-state index is -1.35. The van der Waals surface area contributed by atoms with Crippen LogP contribution in [-0.2, 0) is 0 Å². The highest BCUT2D eigenvalue weighted by atomic mass is 28.3. The van der Waals surface area contributed by atoms with Crippen molar-refractivity contribution in [1.29, 1.82) is 0 Å². The van der Waals surface area contributed by atoms with Gasteiger partial charge in [-0.2, -0.15) is 5.10 Å². The molecule has 0 fully saturated rings. The van der Waals surface area contributed by atoms with Crippen molar-refractivity contribution in [2.24, 2.45) is 5.10 Å². The molecular formula is C12H18N2OSi. The van der Waals surface area contributed by atoms with Gasteiger partial charge in [-0.25, -0.2) is 0 Å². The Morgan fingerprint density at radius 2 is 1.62 bits per heavy atom. The molecule has 1 aromatic rings. The van der Waals surface area contributed by atoms with E-state index in [1.54, 1.807) is 12.1 Å². The second kappa shape index (κ2) is 5.07. The summed E-state index contributed by atoms with van der Waals surface area (Å²) in [4.78, 5) is 10.5. The van der Waals surface area contributed by atoms with Crippen molar-refractivity contribution in [2.75, 3.05) is 7.05 Å². The summed E-state index contributed by atoms with van der Waals surface area (Å²) in [6, 6.07) is 7.38. The molecule has 0 aliphatic carbocycles. The lowest BCUT2D eigenvalue weighted by Gasteiger charge is -2.26. The fourth-order valence-corrected chi connectivity index (χ4v) is 1.39. The summed E-state index contributed by atoms with van der Waals surface area (Å²) in [5.41, 5.74) is 1.70. The van der Waals surface area contributed by atoms with Crippen LogP contribution in [0.25, 0.3) is 0 Å². The molecule has 0 spiro atoms. The van der Waals surface area contributed by atoms with Crippen molar-refractivity contribution in [1.82, 2.24) is 4.67 Å². The second-order valence-corrected chi connectivity index (χ2v) is 9.71. The molecule has 3 nitrogen and oxygen atoms in total. The third-order valence-electron chi connectivity index (χ3n) is 2.42. The smallest absolute Gasteiger partial charge is 0.168 e. The van der Waals surface area contributed by atoms with E-state index in [-0.39, 0.29) is 0 Å². The van der Waals surface area contributed by atoms with Gasteiger partial charge in [-0.3, -0.25) is 4.79 Å². The van der Waals surface area contributed by atoms with Gasteiger partial charge in [0.15, 0.2) is 8.24 Å². The normalized spacial score (nSPS) is 11.8. The third kappa shape index (κ3) is 3.62. The van der Waals surface area contributed by atoms with Gasteiger partial charge in [-0.15, -0.1) is 0 Å². The lowest BCUT2D eigenvalue weighted by Crippen LogP contribution is -2.39. The molecular weight excluding hydrogens is 216 g/mol. The summed E-state index contributed by atoms with van der Waals surface area (Å²) >= 11 is 0. The zero-order valence-electron chi connectivity index (χ0n) is 10.3. The SMILES string of the molecule is CN(N=Cc1ccc(C=O)cc1)[Si](C)(C)C. The molecule has 4 heteroatoms. The van der Waals surface area contributed by atoms with Gasteiger partial charge in [0.05, 0.1) is 6.21 Å². The Morgan fingerprint density at radius 1 is 1.12 bits per heavy atom. The van der Waals surface area contributed by atoms with Gasteiger partial charge in [0, 0.05) is 12.6 Å². The molecule has 0 heterocycles. The number of rotatable bonds is 4. The quantitative estimate of drug-likeness (QED) is 0.347. The minimum absolute atomic E-state index is 0.690. The van der Waals surface area contributed by atoms with Gasteiger partial charge in [0.25, 0.3) is 0 Å². The third-order valence-corrected chi connectivity index (χ3v) is 4.48. The van der Waals surface area contributed by atoms with Crippen LogP contribution in [0.15, 0.2) is 29.4 Å². The van der Waals surface area contributed by atoms with E-state index in [9.17, 15) is 4.79 Å². The number of hydrogen-bond donors (Lipinski definition) is 0. The molecule has 0 saturated heterocycles. The average Bonchev–Trinajstić information content (AvgIpc) is 2.25. The molecule has 0 N–H and O–H groups in total. The Labute approximate surface area is 97.9 Å². The van der Waals surface area contributed by atoms with E-state index >= 15 is 0 Å². The van der Waals surface area contributed by atoms with E-state index in [2.05, 4.69) is 24.7 Å². The van der Waals surface area contributed by atoms with Crippen molar-refractivity contribution in [3.05, 3.63) is 35.4 Å². The molecule has 0 aliphatic rings. The van der Waals surface area contributed by atoms with Crippen molar-refractivity contribution < 1.29 is 4.79 Å². The fourth-order valence-electron chi connectivity index (χ4n) is 0.987. The number of carbonyl (C=O) groups excluding carboxylic acids is 1. The Hall–Kier alpha value is -1.42. The monoisotopic (exact) mass is 234 g/mol. The number of hydrogen-bond acceptors (Lipinski definition) is 3. The zero-order valence-corrected chi connectivity index (χ0v) is 11.3. The van der Waals surface area contributed by atoms with Gasteiger partial charge >= 0.3 is 0 Å². The van der Waals surface area contributed by atoms with Crippen LogP contribution in [-0.4, -0.2) is 32.5 Å². The highest BCUT2D eigenvalue weighted by Crippen LogP contribution is 2.07. The molecule has 0 saturated carbocycles. The summed E-state index contributed by atoms with van der Waals surface area (Å²) in [6.07, 6.45) is 2.67. The summed E-state index contributed by atoms with van der Waals surface area (Å²) in [7, 11) is 0.649. The Bertz CT molecular complexity index is 379. The molecule has 0 bridgehead atoms. The molecule has 0 radical (unpaired) electrons. The summed E-state index contributed by atoms with van der Waals surface area (Å²) < 4.78 is 2.04. The van der Waals surface area contributed by atoms with E-state index in [4.69, 9.17) is 0 Å². The van der Waals surface area contributed by atoms with Crippen LogP contribution < -0.4 is 0 Å². The van der Waals surface area contributed by atoms with E-state index < -0.39 is 8.24 Å². The fraction of sp³-hybridized carbons (Fsp3) is 0.333. The van der Waals surface area contributed by atoms with Crippen molar-refractivity contribution in [2.45, 2.75) is 19.6 Å². The maximum atomic E-state index is 10.5. The molecule has 1 rings (SSSR count). The molecule has 86 valence electrons. The van der Waals surface area contributed by atoms with E-state index in [1.807, 2.05) is 30.1 Å². The van der Waals surface area contributed by atoms with Crippen LogP contribution in [0.4, 0.5) is 0 Å². The number of aldehydes is 1. The molecule has 0 unspecified atom stereocenters. The van der Waals surface area contributed by atoms with Crippen LogP contribution in [0, 0.1) is 0 Å². The first-order valence-corrected chi connectivity index (χ1v) is 8.71. The predicted octanol–water partition coefficient (Wildman–Crippen LogP) is 2.60. The van der Waals surface area contributed by atoms with Gasteiger partial charge in [0.1, 0.15) is 6.29 Å².